The second kappa shape index (κ2) is 8.15. The third-order valence-electron chi connectivity index (χ3n) is 2.66. The molecule has 0 saturated carbocycles. The predicted molar refractivity (Wildman–Crippen MR) is 82.5 cm³/mol. The maximum Gasteiger partial charge on any atom is 0.269 e. The number of phenols is 1. The first kappa shape index (κ1) is 16.8. The van der Waals surface area contributed by atoms with Crippen molar-refractivity contribution in [1.82, 2.24) is 5.32 Å². The molecule has 0 saturated heterocycles. The van der Waals surface area contributed by atoms with Crippen molar-refractivity contribution in [3.05, 3.63) is 69.8 Å². The van der Waals surface area contributed by atoms with Crippen LogP contribution < -0.4 is 5.32 Å². The van der Waals surface area contributed by atoms with Crippen LogP contribution >= 0.6 is 0 Å². The summed E-state index contributed by atoms with van der Waals surface area (Å²) < 4.78 is 0. The van der Waals surface area contributed by atoms with Crippen molar-refractivity contribution in [2.75, 3.05) is 7.05 Å². The van der Waals surface area contributed by atoms with Crippen molar-refractivity contribution in [2.24, 2.45) is 0 Å². The van der Waals surface area contributed by atoms with Gasteiger partial charge in [0.25, 0.3) is 11.6 Å². The van der Waals surface area contributed by atoms with Gasteiger partial charge in [-0.05, 0) is 24.3 Å². The summed E-state index contributed by atoms with van der Waals surface area (Å²) in [5.41, 5.74) is 0.943. The number of hydrogen-bond donors (Lipinski definition) is 3. The van der Waals surface area contributed by atoms with Gasteiger partial charge in [0, 0.05) is 36.5 Å². The van der Waals surface area contributed by atoms with E-state index < -0.39 is 4.92 Å². The number of para-hydroxylation sites is 1. The zero-order chi connectivity index (χ0) is 16.5. The number of phenolic OH excluding ortho intramolecular Hbond substituents is 1. The van der Waals surface area contributed by atoms with Gasteiger partial charge in [-0.3, -0.25) is 14.9 Å². The van der Waals surface area contributed by atoms with E-state index in [9.17, 15) is 14.9 Å². The van der Waals surface area contributed by atoms with E-state index in [-0.39, 0.29) is 17.3 Å². The van der Waals surface area contributed by atoms with Crippen LogP contribution in [-0.4, -0.2) is 29.2 Å². The molecule has 0 bridgehead atoms. The summed E-state index contributed by atoms with van der Waals surface area (Å²) >= 11 is 0. The van der Waals surface area contributed by atoms with Crippen molar-refractivity contribution in [3.8, 4) is 5.75 Å². The molecule has 2 rings (SSSR count). The lowest BCUT2D eigenvalue weighted by Crippen LogP contribution is -2.17. The molecule has 0 aromatic heterocycles. The molecule has 22 heavy (non-hydrogen) atoms. The van der Waals surface area contributed by atoms with E-state index in [1.165, 1.54) is 31.3 Å². The molecule has 0 spiro atoms. The molecule has 2 aromatic rings. The second-order valence-electron chi connectivity index (χ2n) is 4.09. The van der Waals surface area contributed by atoms with Gasteiger partial charge in [-0.1, -0.05) is 12.1 Å². The Bertz CT molecular complexity index is 669. The first-order valence-corrected chi connectivity index (χ1v) is 6.24. The van der Waals surface area contributed by atoms with Crippen molar-refractivity contribution >= 4 is 17.8 Å². The normalized spacial score (nSPS) is 9.14. The highest BCUT2D eigenvalue weighted by Crippen LogP contribution is 2.12. The highest BCUT2D eigenvalue weighted by atomic mass is 16.6. The van der Waals surface area contributed by atoms with Gasteiger partial charge in [-0.25, -0.2) is 0 Å². The van der Waals surface area contributed by atoms with E-state index in [4.69, 9.17) is 10.5 Å². The Morgan fingerprint density at radius 3 is 2.23 bits per heavy atom. The fourth-order valence-electron chi connectivity index (χ4n) is 1.49. The minimum absolute atomic E-state index is 0.0207. The van der Waals surface area contributed by atoms with Gasteiger partial charge in [0.1, 0.15) is 5.75 Å². The first-order valence-electron chi connectivity index (χ1n) is 6.24. The lowest BCUT2D eigenvalue weighted by molar-refractivity contribution is -0.384. The van der Waals surface area contributed by atoms with Crippen LogP contribution in [-0.2, 0) is 0 Å². The van der Waals surface area contributed by atoms with Gasteiger partial charge in [-0.15, -0.1) is 0 Å². The zero-order valence-electron chi connectivity index (χ0n) is 11.8. The lowest BCUT2D eigenvalue weighted by atomic mass is 10.2. The summed E-state index contributed by atoms with van der Waals surface area (Å²) in [5.74, 6) is -0.0950. The zero-order valence-corrected chi connectivity index (χ0v) is 11.8. The average molecular weight is 301 g/mol. The Balaban J connectivity index is 0.000000235. The smallest absolute Gasteiger partial charge is 0.269 e. The largest absolute Gasteiger partial charge is 0.507 e. The Kier molecular flexibility index (Phi) is 6.24. The topological polar surface area (TPSA) is 116 Å². The number of nitro benzene ring substituents is 1. The third kappa shape index (κ3) is 4.71. The quantitative estimate of drug-likeness (QED) is 0.458. The summed E-state index contributed by atoms with van der Waals surface area (Å²) in [7, 11) is 1.50. The van der Waals surface area contributed by atoms with Gasteiger partial charge in [0.15, 0.2) is 0 Å². The number of rotatable bonds is 3. The SMILES string of the molecule is CNC(=O)c1ccc([N+](=O)[O-])cc1.N=Cc1ccccc1O. The van der Waals surface area contributed by atoms with E-state index in [0.717, 1.165) is 6.21 Å². The molecule has 2 aromatic carbocycles. The third-order valence-corrected chi connectivity index (χ3v) is 2.66. The van der Waals surface area contributed by atoms with E-state index in [1.54, 1.807) is 24.3 Å². The summed E-state index contributed by atoms with van der Waals surface area (Å²) in [6, 6.07) is 12.2. The summed E-state index contributed by atoms with van der Waals surface area (Å²) in [6.07, 6.45) is 1.12. The lowest BCUT2D eigenvalue weighted by Gasteiger charge is -1.97. The Morgan fingerprint density at radius 1 is 1.23 bits per heavy atom. The molecule has 0 atom stereocenters. The van der Waals surface area contributed by atoms with E-state index in [2.05, 4.69) is 5.32 Å². The monoisotopic (exact) mass is 301 g/mol. The second-order valence-corrected chi connectivity index (χ2v) is 4.09. The van der Waals surface area contributed by atoms with Crippen molar-refractivity contribution < 1.29 is 14.8 Å². The molecule has 7 nitrogen and oxygen atoms in total. The van der Waals surface area contributed by atoms with Crippen LogP contribution in [0.2, 0.25) is 0 Å². The Labute approximate surface area is 126 Å². The first-order chi connectivity index (χ1) is 10.5. The molecule has 1 amide bonds. The van der Waals surface area contributed by atoms with Gasteiger partial charge in [0.2, 0.25) is 0 Å². The molecule has 7 heteroatoms. The minimum atomic E-state index is -0.506. The summed E-state index contributed by atoms with van der Waals surface area (Å²) in [5, 5.41) is 28.4. The van der Waals surface area contributed by atoms with Crippen molar-refractivity contribution in [2.45, 2.75) is 0 Å². The van der Waals surface area contributed by atoms with Gasteiger partial charge in [0.05, 0.1) is 4.92 Å². The van der Waals surface area contributed by atoms with Gasteiger partial charge in [-0.2, -0.15) is 0 Å². The minimum Gasteiger partial charge on any atom is -0.507 e. The van der Waals surface area contributed by atoms with E-state index in [1.807, 2.05) is 0 Å². The Hall–Kier alpha value is -3.22. The van der Waals surface area contributed by atoms with Crippen LogP contribution in [0.15, 0.2) is 48.5 Å². The number of amides is 1. The molecule has 0 aliphatic rings. The van der Waals surface area contributed by atoms with Gasteiger partial charge >= 0.3 is 0 Å². The fourth-order valence-corrected chi connectivity index (χ4v) is 1.49. The summed E-state index contributed by atoms with van der Waals surface area (Å²) in [4.78, 5) is 20.8. The van der Waals surface area contributed by atoms with E-state index in [0.29, 0.717) is 11.1 Å². The molecule has 0 aliphatic heterocycles. The molecular formula is C15H15N3O4. The summed E-state index contributed by atoms with van der Waals surface area (Å²) in [6.45, 7) is 0. The van der Waals surface area contributed by atoms with E-state index >= 15 is 0 Å². The fraction of sp³-hybridized carbons (Fsp3) is 0.0667. The number of benzene rings is 2. The van der Waals surface area contributed by atoms with Crippen molar-refractivity contribution in [3.63, 3.8) is 0 Å². The van der Waals surface area contributed by atoms with Crippen LogP contribution in [0.4, 0.5) is 5.69 Å². The number of non-ortho nitro benzene ring substituents is 1. The molecule has 0 aliphatic carbocycles. The highest BCUT2D eigenvalue weighted by molar-refractivity contribution is 5.94. The van der Waals surface area contributed by atoms with Gasteiger partial charge < -0.3 is 15.8 Å². The predicted octanol–water partition coefficient (Wildman–Crippen LogP) is 2.34. The van der Waals surface area contributed by atoms with Crippen LogP contribution in [0.3, 0.4) is 0 Å². The number of nitro groups is 1. The number of hydrogen-bond acceptors (Lipinski definition) is 5. The van der Waals surface area contributed by atoms with Crippen LogP contribution in [0.1, 0.15) is 15.9 Å². The maximum atomic E-state index is 11.0. The Morgan fingerprint density at radius 2 is 1.82 bits per heavy atom. The number of nitrogens with zero attached hydrogens (tertiary/aromatic N) is 1. The molecular weight excluding hydrogens is 286 g/mol. The number of carbonyl (C=O) groups excluding carboxylic acids is 1. The molecule has 0 heterocycles. The highest BCUT2D eigenvalue weighted by Gasteiger charge is 2.07. The number of nitrogens with one attached hydrogen (secondary N) is 2. The standard InChI is InChI=1S/C8H8N2O3.C7H7NO/c1-9-8(11)6-2-4-7(5-3-6)10(12)13;8-5-6-3-1-2-4-7(6)9/h2-5H,1H3,(H,9,11);1-5,8-9H. The average Bonchev–Trinajstić information content (AvgIpc) is 2.55. The van der Waals surface area contributed by atoms with Crippen LogP contribution in [0, 0.1) is 15.5 Å². The van der Waals surface area contributed by atoms with Crippen LogP contribution in [0.5, 0.6) is 5.75 Å². The van der Waals surface area contributed by atoms with Crippen molar-refractivity contribution in [1.29, 1.82) is 5.41 Å². The molecule has 3 N–H and O–H groups in total. The maximum absolute atomic E-state index is 11.0. The molecule has 0 radical (unpaired) electrons. The number of carbonyl (C=O) groups is 1. The molecule has 114 valence electrons. The van der Waals surface area contributed by atoms with Crippen LogP contribution in [0.25, 0.3) is 0 Å². The molecule has 0 unspecified atom stereocenters. The molecule has 0 fully saturated rings. The number of aromatic hydroxyl groups is 1.